The van der Waals surface area contributed by atoms with Gasteiger partial charge in [0.05, 0.1) is 11.4 Å². The molecule has 0 saturated heterocycles. The third kappa shape index (κ3) is 3.58. The maximum absolute atomic E-state index is 11.4. The Morgan fingerprint density at radius 1 is 1.30 bits per heavy atom. The van der Waals surface area contributed by atoms with Crippen molar-refractivity contribution in [3.05, 3.63) is 28.8 Å². The molecule has 1 atom stereocenters. The Balaban J connectivity index is 2.37. The van der Waals surface area contributed by atoms with Gasteiger partial charge in [-0.2, -0.15) is 25.9 Å². The SMILES string of the molecule is Cc1cc(C2=NNC(=O)CC2C)c(C)cc1N=NC(C#N)C#N. The maximum atomic E-state index is 11.4. The molecule has 23 heavy (non-hydrogen) atoms. The van der Waals surface area contributed by atoms with Crippen molar-refractivity contribution < 1.29 is 4.79 Å². The zero-order chi connectivity index (χ0) is 17.0. The lowest BCUT2D eigenvalue weighted by atomic mass is 9.90. The molecule has 0 aliphatic carbocycles. The van der Waals surface area contributed by atoms with Crippen LogP contribution in [-0.4, -0.2) is 17.7 Å². The summed E-state index contributed by atoms with van der Waals surface area (Å²) in [6.45, 7) is 5.76. The van der Waals surface area contributed by atoms with Crippen LogP contribution in [0.5, 0.6) is 0 Å². The summed E-state index contributed by atoms with van der Waals surface area (Å²) < 4.78 is 0. The fourth-order valence-corrected chi connectivity index (χ4v) is 2.36. The van der Waals surface area contributed by atoms with E-state index in [0.29, 0.717) is 12.1 Å². The first-order valence-corrected chi connectivity index (χ1v) is 7.14. The van der Waals surface area contributed by atoms with Crippen molar-refractivity contribution in [2.45, 2.75) is 33.2 Å². The van der Waals surface area contributed by atoms with Crippen LogP contribution in [0.1, 0.15) is 30.0 Å². The van der Waals surface area contributed by atoms with Gasteiger partial charge in [-0.25, -0.2) is 5.43 Å². The molecule has 1 unspecified atom stereocenters. The number of nitriles is 2. The molecular weight excluding hydrogens is 292 g/mol. The Kier molecular flexibility index (Phi) is 4.82. The summed E-state index contributed by atoms with van der Waals surface area (Å²) in [5.41, 5.74) is 6.70. The molecule has 0 spiro atoms. The zero-order valence-corrected chi connectivity index (χ0v) is 13.2. The molecule has 2 rings (SSSR count). The Morgan fingerprint density at radius 2 is 2.00 bits per heavy atom. The normalized spacial score (nSPS) is 17.6. The first-order valence-electron chi connectivity index (χ1n) is 7.14. The number of carbonyl (C=O) groups excluding carboxylic acids is 1. The van der Waals surface area contributed by atoms with Gasteiger partial charge in [-0.1, -0.05) is 6.92 Å². The molecule has 1 aliphatic heterocycles. The van der Waals surface area contributed by atoms with Gasteiger partial charge in [-0.15, -0.1) is 0 Å². The maximum Gasteiger partial charge on any atom is 0.242 e. The molecule has 1 heterocycles. The Labute approximate surface area is 134 Å². The van der Waals surface area contributed by atoms with E-state index in [-0.39, 0.29) is 11.8 Å². The topological polar surface area (TPSA) is 114 Å². The predicted octanol–water partition coefficient (Wildman–Crippen LogP) is 2.66. The average molecular weight is 308 g/mol. The van der Waals surface area contributed by atoms with Crippen LogP contribution in [0, 0.1) is 42.4 Å². The van der Waals surface area contributed by atoms with Gasteiger partial charge >= 0.3 is 0 Å². The van der Waals surface area contributed by atoms with E-state index in [1.807, 2.05) is 32.9 Å². The van der Waals surface area contributed by atoms with E-state index in [4.69, 9.17) is 10.5 Å². The highest BCUT2D eigenvalue weighted by molar-refractivity contribution is 6.07. The van der Waals surface area contributed by atoms with Crippen LogP contribution in [0.3, 0.4) is 0 Å². The smallest absolute Gasteiger partial charge is 0.242 e. The highest BCUT2D eigenvalue weighted by Crippen LogP contribution is 2.27. The number of azo groups is 1. The fourth-order valence-electron chi connectivity index (χ4n) is 2.36. The van der Waals surface area contributed by atoms with Gasteiger partial charge in [-0.05, 0) is 37.1 Å². The molecule has 0 saturated carbocycles. The van der Waals surface area contributed by atoms with Gasteiger partial charge < -0.3 is 0 Å². The molecule has 1 aromatic carbocycles. The molecule has 0 radical (unpaired) electrons. The molecule has 116 valence electrons. The van der Waals surface area contributed by atoms with Crippen LogP contribution in [0.25, 0.3) is 0 Å². The number of nitrogens with zero attached hydrogens (tertiary/aromatic N) is 5. The molecule has 1 amide bonds. The van der Waals surface area contributed by atoms with Crippen molar-refractivity contribution in [1.29, 1.82) is 10.5 Å². The van der Waals surface area contributed by atoms with Crippen molar-refractivity contribution in [2.75, 3.05) is 0 Å². The number of aryl methyl sites for hydroxylation is 2. The number of hydrazone groups is 1. The van der Waals surface area contributed by atoms with Crippen LogP contribution in [0.4, 0.5) is 5.69 Å². The summed E-state index contributed by atoms with van der Waals surface area (Å²) in [7, 11) is 0. The Morgan fingerprint density at radius 3 is 2.61 bits per heavy atom. The van der Waals surface area contributed by atoms with E-state index in [1.54, 1.807) is 12.1 Å². The summed E-state index contributed by atoms with van der Waals surface area (Å²) in [5.74, 6) is -0.0454. The number of rotatable bonds is 3. The number of amides is 1. The van der Waals surface area contributed by atoms with E-state index >= 15 is 0 Å². The molecular formula is C16H16N6O. The van der Waals surface area contributed by atoms with Gasteiger partial charge in [0.25, 0.3) is 0 Å². The molecule has 0 aromatic heterocycles. The molecule has 1 aromatic rings. The lowest BCUT2D eigenvalue weighted by Gasteiger charge is -2.21. The van der Waals surface area contributed by atoms with Crippen LogP contribution < -0.4 is 5.43 Å². The first kappa shape index (κ1) is 16.3. The van der Waals surface area contributed by atoms with Crippen LogP contribution >= 0.6 is 0 Å². The largest absolute Gasteiger partial charge is 0.273 e. The molecule has 7 heteroatoms. The second-order valence-corrected chi connectivity index (χ2v) is 5.47. The number of hydrogen-bond acceptors (Lipinski definition) is 6. The lowest BCUT2D eigenvalue weighted by Crippen LogP contribution is -2.32. The van der Waals surface area contributed by atoms with Crippen LogP contribution in [0.15, 0.2) is 27.5 Å². The fraction of sp³-hybridized carbons (Fsp3) is 0.375. The predicted molar refractivity (Wildman–Crippen MR) is 83.9 cm³/mol. The van der Waals surface area contributed by atoms with E-state index in [0.717, 1.165) is 22.4 Å². The summed E-state index contributed by atoms with van der Waals surface area (Å²) in [6.07, 6.45) is 0.408. The standard InChI is InChI=1S/C16H16N6O/c1-9-5-14(20-19-12(7-17)8-18)10(2)4-13(9)16-11(3)6-15(23)21-22-16/h4-5,11-12H,6H2,1-3H3,(H,21,23). The summed E-state index contributed by atoms with van der Waals surface area (Å²) >= 11 is 0. The summed E-state index contributed by atoms with van der Waals surface area (Å²) in [6, 6.07) is 6.17. The first-order chi connectivity index (χ1) is 11.0. The van der Waals surface area contributed by atoms with Crippen LogP contribution in [-0.2, 0) is 4.79 Å². The Bertz CT molecular complexity index is 767. The lowest BCUT2D eigenvalue weighted by molar-refractivity contribution is -0.121. The van der Waals surface area contributed by atoms with Crippen molar-refractivity contribution >= 4 is 17.3 Å². The minimum atomic E-state index is -1.10. The summed E-state index contributed by atoms with van der Waals surface area (Å²) in [4.78, 5) is 11.4. The highest BCUT2D eigenvalue weighted by atomic mass is 16.2. The summed E-state index contributed by atoms with van der Waals surface area (Å²) in [5, 5.41) is 29.3. The van der Waals surface area contributed by atoms with E-state index in [1.165, 1.54) is 0 Å². The third-order valence-electron chi connectivity index (χ3n) is 3.60. The van der Waals surface area contributed by atoms with E-state index < -0.39 is 6.04 Å². The minimum Gasteiger partial charge on any atom is -0.273 e. The highest BCUT2D eigenvalue weighted by Gasteiger charge is 2.23. The monoisotopic (exact) mass is 308 g/mol. The van der Waals surface area contributed by atoms with Crippen molar-refractivity contribution in [3.8, 4) is 12.1 Å². The molecule has 1 aliphatic rings. The number of carbonyl (C=O) groups is 1. The van der Waals surface area contributed by atoms with E-state index in [9.17, 15) is 4.79 Å². The van der Waals surface area contributed by atoms with Gasteiger partial charge in [0.15, 0.2) is 0 Å². The van der Waals surface area contributed by atoms with Gasteiger partial charge in [-0.3, -0.25) is 4.79 Å². The van der Waals surface area contributed by atoms with Gasteiger partial charge in [0.1, 0.15) is 12.1 Å². The molecule has 0 bridgehead atoms. The quantitative estimate of drug-likeness (QED) is 0.865. The number of nitrogens with one attached hydrogen (secondary N) is 1. The second kappa shape index (κ2) is 6.80. The van der Waals surface area contributed by atoms with E-state index in [2.05, 4.69) is 20.8 Å². The van der Waals surface area contributed by atoms with Crippen molar-refractivity contribution in [1.82, 2.24) is 5.43 Å². The average Bonchev–Trinajstić information content (AvgIpc) is 2.51. The minimum absolute atomic E-state index is 0.0379. The Hall–Kier alpha value is -3.06. The van der Waals surface area contributed by atoms with Crippen LogP contribution in [0.2, 0.25) is 0 Å². The third-order valence-corrected chi connectivity index (χ3v) is 3.60. The van der Waals surface area contributed by atoms with Gasteiger partial charge in [0, 0.05) is 17.9 Å². The number of hydrogen-bond donors (Lipinski definition) is 1. The second-order valence-electron chi connectivity index (χ2n) is 5.47. The zero-order valence-electron chi connectivity index (χ0n) is 13.2. The molecule has 7 nitrogen and oxygen atoms in total. The molecule has 1 N–H and O–H groups in total. The van der Waals surface area contributed by atoms with Crippen molar-refractivity contribution in [2.24, 2.45) is 21.2 Å². The van der Waals surface area contributed by atoms with Gasteiger partial charge in [0.2, 0.25) is 11.9 Å². The van der Waals surface area contributed by atoms with Crippen molar-refractivity contribution in [3.63, 3.8) is 0 Å². The number of benzene rings is 1. The molecule has 0 fully saturated rings.